The molecule has 0 bridgehead atoms. The molecule has 2 atom stereocenters. The van der Waals surface area contributed by atoms with E-state index in [4.69, 9.17) is 4.98 Å². The molecule has 0 saturated carbocycles. The van der Waals surface area contributed by atoms with Crippen LogP contribution in [-0.4, -0.2) is 55.2 Å². The summed E-state index contributed by atoms with van der Waals surface area (Å²) in [4.78, 5) is 8.96. The first-order chi connectivity index (χ1) is 16.1. The number of hydrogen-bond donors (Lipinski definition) is 1. The molecule has 5 heterocycles. The number of rotatable bonds is 4. The Kier molecular flexibility index (Phi) is 4.75. The normalized spacial score (nSPS) is 20.9. The van der Waals surface area contributed by atoms with Crippen molar-refractivity contribution in [2.24, 2.45) is 0 Å². The van der Waals surface area contributed by atoms with E-state index >= 15 is 0 Å². The fourth-order valence-electron chi connectivity index (χ4n) is 4.89. The first-order valence-corrected chi connectivity index (χ1v) is 11.1. The number of nitrogens with zero attached hydrogens (tertiary/aromatic N) is 7. The lowest BCUT2D eigenvalue weighted by Crippen LogP contribution is -2.24. The van der Waals surface area contributed by atoms with Gasteiger partial charge >= 0.3 is 0 Å². The fraction of sp³-hybridized carbons (Fsp3) is 0.348. The van der Waals surface area contributed by atoms with E-state index in [9.17, 15) is 13.9 Å². The molecule has 2 saturated heterocycles. The molecule has 0 aliphatic carbocycles. The highest BCUT2D eigenvalue weighted by Crippen LogP contribution is 2.37. The summed E-state index contributed by atoms with van der Waals surface area (Å²) in [5.41, 5.74) is 2.63. The van der Waals surface area contributed by atoms with Gasteiger partial charge in [-0.2, -0.15) is 10.2 Å². The SMILES string of the molecule is OC1CCN(c2cnn(-c3cnn4ccc(N5CCC[C@H]5c5cc(F)ccc5F)nc34)c2)C1. The van der Waals surface area contributed by atoms with Crippen LogP contribution in [0.5, 0.6) is 0 Å². The van der Waals surface area contributed by atoms with Crippen LogP contribution in [0.1, 0.15) is 30.9 Å². The summed E-state index contributed by atoms with van der Waals surface area (Å²) < 4.78 is 31.7. The van der Waals surface area contributed by atoms with E-state index in [1.807, 2.05) is 23.4 Å². The molecule has 10 heteroatoms. The van der Waals surface area contributed by atoms with Gasteiger partial charge in [-0.1, -0.05) is 0 Å². The van der Waals surface area contributed by atoms with Gasteiger partial charge in [0.2, 0.25) is 0 Å². The van der Waals surface area contributed by atoms with Gasteiger partial charge in [0.15, 0.2) is 5.65 Å². The summed E-state index contributed by atoms with van der Waals surface area (Å²) in [5, 5.41) is 18.7. The van der Waals surface area contributed by atoms with Gasteiger partial charge in [0.05, 0.1) is 36.4 Å². The van der Waals surface area contributed by atoms with Gasteiger partial charge in [-0.25, -0.2) is 23.0 Å². The Labute approximate surface area is 188 Å². The van der Waals surface area contributed by atoms with Crippen molar-refractivity contribution in [3.63, 3.8) is 0 Å². The highest BCUT2D eigenvalue weighted by Gasteiger charge is 2.30. The number of benzene rings is 1. The molecule has 0 radical (unpaired) electrons. The van der Waals surface area contributed by atoms with Gasteiger partial charge in [0.25, 0.3) is 0 Å². The average Bonchev–Trinajstić information content (AvgIpc) is 3.60. The number of halogens is 2. The predicted octanol–water partition coefficient (Wildman–Crippen LogP) is 3.11. The van der Waals surface area contributed by atoms with Gasteiger partial charge in [-0.3, -0.25) is 0 Å². The number of aliphatic hydroxyl groups excluding tert-OH is 1. The Morgan fingerprint density at radius 2 is 1.94 bits per heavy atom. The second kappa shape index (κ2) is 7.80. The second-order valence-electron chi connectivity index (χ2n) is 8.63. The molecular formula is C23H23F2N7O. The van der Waals surface area contributed by atoms with E-state index in [0.29, 0.717) is 30.1 Å². The molecule has 2 fully saturated rings. The number of anilines is 2. The van der Waals surface area contributed by atoms with Crippen LogP contribution in [-0.2, 0) is 0 Å². The molecule has 33 heavy (non-hydrogen) atoms. The van der Waals surface area contributed by atoms with Crippen LogP contribution in [0, 0.1) is 11.6 Å². The van der Waals surface area contributed by atoms with Crippen molar-refractivity contribution in [3.05, 3.63) is 66.3 Å². The molecule has 4 aromatic rings. The Balaban J connectivity index is 1.35. The molecule has 8 nitrogen and oxygen atoms in total. The third-order valence-corrected chi connectivity index (χ3v) is 6.54. The maximum absolute atomic E-state index is 14.5. The largest absolute Gasteiger partial charge is 0.391 e. The Morgan fingerprint density at radius 3 is 2.79 bits per heavy atom. The van der Waals surface area contributed by atoms with Gasteiger partial charge < -0.3 is 14.9 Å². The molecule has 6 rings (SSSR count). The van der Waals surface area contributed by atoms with Crippen LogP contribution in [0.4, 0.5) is 20.3 Å². The molecular weight excluding hydrogens is 428 g/mol. The Bertz CT molecular complexity index is 1320. The van der Waals surface area contributed by atoms with Gasteiger partial charge in [-0.15, -0.1) is 0 Å². The number of aromatic nitrogens is 5. The average molecular weight is 451 g/mol. The lowest BCUT2D eigenvalue weighted by Gasteiger charge is -2.26. The van der Waals surface area contributed by atoms with Crippen LogP contribution in [0.3, 0.4) is 0 Å². The summed E-state index contributed by atoms with van der Waals surface area (Å²) in [7, 11) is 0. The first kappa shape index (κ1) is 20.1. The summed E-state index contributed by atoms with van der Waals surface area (Å²) in [6, 6.07) is 5.17. The van der Waals surface area contributed by atoms with Crippen molar-refractivity contribution in [1.82, 2.24) is 24.4 Å². The van der Waals surface area contributed by atoms with Crippen molar-refractivity contribution in [2.45, 2.75) is 31.4 Å². The summed E-state index contributed by atoms with van der Waals surface area (Å²) >= 11 is 0. The fourth-order valence-corrected chi connectivity index (χ4v) is 4.89. The minimum atomic E-state index is -0.445. The molecule has 2 aliphatic rings. The Morgan fingerprint density at radius 1 is 1.03 bits per heavy atom. The highest BCUT2D eigenvalue weighted by molar-refractivity contribution is 5.62. The second-order valence-corrected chi connectivity index (χ2v) is 8.63. The van der Waals surface area contributed by atoms with Gasteiger partial charge in [0, 0.05) is 31.4 Å². The quantitative estimate of drug-likeness (QED) is 0.514. The van der Waals surface area contributed by atoms with E-state index in [0.717, 1.165) is 43.2 Å². The van der Waals surface area contributed by atoms with Crippen molar-refractivity contribution in [3.8, 4) is 5.69 Å². The number of aliphatic hydroxyl groups is 1. The lowest BCUT2D eigenvalue weighted by molar-refractivity contribution is 0.198. The number of hydrogen-bond acceptors (Lipinski definition) is 6. The molecule has 170 valence electrons. The minimum absolute atomic E-state index is 0.278. The predicted molar refractivity (Wildman–Crippen MR) is 119 cm³/mol. The van der Waals surface area contributed by atoms with E-state index in [1.165, 1.54) is 12.1 Å². The van der Waals surface area contributed by atoms with Crippen molar-refractivity contribution in [1.29, 1.82) is 0 Å². The smallest absolute Gasteiger partial charge is 0.183 e. The van der Waals surface area contributed by atoms with Crippen LogP contribution < -0.4 is 9.80 Å². The molecule has 1 N–H and O–H groups in total. The molecule has 0 spiro atoms. The maximum Gasteiger partial charge on any atom is 0.183 e. The van der Waals surface area contributed by atoms with Crippen LogP contribution in [0.2, 0.25) is 0 Å². The summed E-state index contributed by atoms with van der Waals surface area (Å²) in [5.74, 6) is -0.166. The number of fused-ring (bicyclic) bond motifs is 1. The standard InChI is InChI=1S/C23H23F2N7O/c24-15-3-4-19(25)18(10-15)20-2-1-7-30(20)22-6-9-31-23(28-22)21(12-27-31)32-13-16(11-26-32)29-8-5-17(33)14-29/h3-4,6,9-13,17,20,33H,1-2,5,7-8,14H2/t17?,20-/m0/s1. The molecule has 3 aromatic heterocycles. The topological polar surface area (TPSA) is 74.7 Å². The molecule has 1 aromatic carbocycles. The zero-order chi connectivity index (χ0) is 22.5. The molecule has 1 unspecified atom stereocenters. The third kappa shape index (κ3) is 3.50. The van der Waals surface area contributed by atoms with E-state index in [1.54, 1.807) is 21.6 Å². The van der Waals surface area contributed by atoms with Crippen LogP contribution >= 0.6 is 0 Å². The summed E-state index contributed by atoms with van der Waals surface area (Å²) in [6.07, 6.45) is 9.22. The zero-order valence-corrected chi connectivity index (χ0v) is 17.8. The van der Waals surface area contributed by atoms with E-state index < -0.39 is 11.6 Å². The van der Waals surface area contributed by atoms with Crippen molar-refractivity contribution < 1.29 is 13.9 Å². The Hall–Kier alpha value is -3.53. The molecule has 0 amide bonds. The third-order valence-electron chi connectivity index (χ3n) is 6.54. The van der Waals surface area contributed by atoms with Crippen LogP contribution in [0.15, 0.2) is 49.1 Å². The maximum atomic E-state index is 14.5. The highest BCUT2D eigenvalue weighted by atomic mass is 19.1. The van der Waals surface area contributed by atoms with Crippen LogP contribution in [0.25, 0.3) is 11.3 Å². The minimum Gasteiger partial charge on any atom is -0.391 e. The molecule has 2 aliphatic heterocycles. The monoisotopic (exact) mass is 451 g/mol. The van der Waals surface area contributed by atoms with Crippen molar-refractivity contribution in [2.75, 3.05) is 29.4 Å². The van der Waals surface area contributed by atoms with Gasteiger partial charge in [0.1, 0.15) is 23.1 Å². The zero-order valence-electron chi connectivity index (χ0n) is 17.8. The van der Waals surface area contributed by atoms with E-state index in [-0.39, 0.29) is 12.1 Å². The van der Waals surface area contributed by atoms with Crippen molar-refractivity contribution >= 4 is 17.2 Å². The lowest BCUT2D eigenvalue weighted by atomic mass is 10.0. The summed E-state index contributed by atoms with van der Waals surface area (Å²) in [6.45, 7) is 2.09. The first-order valence-electron chi connectivity index (χ1n) is 11.1. The van der Waals surface area contributed by atoms with Gasteiger partial charge in [-0.05, 0) is 43.5 Å². The van der Waals surface area contributed by atoms with E-state index in [2.05, 4.69) is 15.1 Å². The number of β-amino-alcohol motifs (C(OH)–C–C–N with tert-alkyl or cyclic N) is 1.